The van der Waals surface area contributed by atoms with Crippen LogP contribution in [0.1, 0.15) is 51.2 Å². The first-order valence-electron chi connectivity index (χ1n) is 8.35. The Hall–Kier alpha value is -0.820. The fourth-order valence-electron chi connectivity index (χ4n) is 3.71. The molecule has 1 nitrogen and oxygen atoms in total. The zero-order valence-corrected chi connectivity index (χ0v) is 13.7. The molecule has 1 aliphatic rings. The summed E-state index contributed by atoms with van der Waals surface area (Å²) >= 11 is 0. The highest BCUT2D eigenvalue weighted by molar-refractivity contribution is 5.22. The molecule has 20 heavy (non-hydrogen) atoms. The maximum atomic E-state index is 3.85. The number of hydrogen-bond acceptors (Lipinski definition) is 1. The minimum Gasteiger partial charge on any atom is -0.313 e. The van der Waals surface area contributed by atoms with Gasteiger partial charge in [0.1, 0.15) is 0 Å². The van der Waals surface area contributed by atoms with Crippen LogP contribution in [0.2, 0.25) is 0 Å². The third-order valence-electron chi connectivity index (χ3n) is 4.92. The average molecular weight is 273 g/mol. The largest absolute Gasteiger partial charge is 0.313 e. The van der Waals surface area contributed by atoms with Crippen molar-refractivity contribution < 1.29 is 0 Å². The molecule has 0 aliphatic heterocycles. The van der Waals surface area contributed by atoms with Gasteiger partial charge in [-0.15, -0.1) is 0 Å². The summed E-state index contributed by atoms with van der Waals surface area (Å²) in [5, 5.41) is 3.85. The topological polar surface area (TPSA) is 12.0 Å². The van der Waals surface area contributed by atoms with E-state index in [4.69, 9.17) is 0 Å². The van der Waals surface area contributed by atoms with E-state index in [-0.39, 0.29) is 0 Å². The monoisotopic (exact) mass is 273 g/mol. The molecule has 1 saturated carbocycles. The van der Waals surface area contributed by atoms with Gasteiger partial charge in [-0.25, -0.2) is 0 Å². The average Bonchev–Trinajstić information content (AvgIpc) is 2.38. The standard InChI is InChI=1S/C19H31N/c1-14(2)18-9-8-16(4)13-19(18)20-11-10-17-7-5-6-15(3)12-17/h5-7,12,14,16,18-20H,8-11,13H2,1-4H3. The van der Waals surface area contributed by atoms with Gasteiger partial charge >= 0.3 is 0 Å². The van der Waals surface area contributed by atoms with Crippen LogP contribution in [0.15, 0.2) is 24.3 Å². The lowest BCUT2D eigenvalue weighted by Crippen LogP contribution is -2.43. The minimum absolute atomic E-state index is 0.726. The van der Waals surface area contributed by atoms with Crippen LogP contribution in [-0.2, 0) is 6.42 Å². The first-order valence-corrected chi connectivity index (χ1v) is 8.35. The highest BCUT2D eigenvalue weighted by atomic mass is 14.9. The second-order valence-corrected chi connectivity index (χ2v) is 7.13. The summed E-state index contributed by atoms with van der Waals surface area (Å²) in [6.45, 7) is 10.5. The minimum atomic E-state index is 0.726. The number of aryl methyl sites for hydroxylation is 1. The van der Waals surface area contributed by atoms with Gasteiger partial charge in [0, 0.05) is 6.04 Å². The molecule has 1 heteroatoms. The highest BCUT2D eigenvalue weighted by Crippen LogP contribution is 2.33. The van der Waals surface area contributed by atoms with Crippen molar-refractivity contribution in [2.24, 2.45) is 17.8 Å². The Bertz CT molecular complexity index is 410. The second-order valence-electron chi connectivity index (χ2n) is 7.13. The van der Waals surface area contributed by atoms with Crippen molar-refractivity contribution in [1.82, 2.24) is 5.32 Å². The molecule has 0 heterocycles. The van der Waals surface area contributed by atoms with Crippen LogP contribution in [0.25, 0.3) is 0 Å². The molecule has 1 aromatic carbocycles. The zero-order chi connectivity index (χ0) is 14.5. The second kappa shape index (κ2) is 7.26. The van der Waals surface area contributed by atoms with E-state index in [1.165, 1.54) is 30.4 Å². The predicted molar refractivity (Wildman–Crippen MR) is 88.0 cm³/mol. The van der Waals surface area contributed by atoms with Gasteiger partial charge in [-0.1, -0.05) is 57.0 Å². The number of hydrogen-bond donors (Lipinski definition) is 1. The number of nitrogens with one attached hydrogen (secondary N) is 1. The highest BCUT2D eigenvalue weighted by Gasteiger charge is 2.29. The van der Waals surface area contributed by atoms with Crippen LogP contribution in [0.3, 0.4) is 0 Å². The van der Waals surface area contributed by atoms with Crippen LogP contribution in [0, 0.1) is 24.7 Å². The Morgan fingerprint density at radius 1 is 1.25 bits per heavy atom. The lowest BCUT2D eigenvalue weighted by Gasteiger charge is -2.38. The Morgan fingerprint density at radius 3 is 2.75 bits per heavy atom. The van der Waals surface area contributed by atoms with Crippen LogP contribution in [0.5, 0.6) is 0 Å². The lowest BCUT2D eigenvalue weighted by atomic mass is 9.74. The third-order valence-corrected chi connectivity index (χ3v) is 4.92. The van der Waals surface area contributed by atoms with Gasteiger partial charge in [-0.3, -0.25) is 0 Å². The summed E-state index contributed by atoms with van der Waals surface area (Å²) in [7, 11) is 0. The summed E-state index contributed by atoms with van der Waals surface area (Å²) in [4.78, 5) is 0. The predicted octanol–water partition coefficient (Wildman–Crippen LogP) is 4.59. The summed E-state index contributed by atoms with van der Waals surface area (Å²) in [5.74, 6) is 2.56. The van der Waals surface area contributed by atoms with Crippen molar-refractivity contribution in [3.63, 3.8) is 0 Å². The van der Waals surface area contributed by atoms with Crippen molar-refractivity contribution in [2.75, 3.05) is 6.54 Å². The van der Waals surface area contributed by atoms with Crippen molar-refractivity contribution in [2.45, 2.75) is 59.4 Å². The number of rotatable bonds is 5. The third kappa shape index (κ3) is 4.34. The molecule has 1 N–H and O–H groups in total. The smallest absolute Gasteiger partial charge is 0.0100 e. The van der Waals surface area contributed by atoms with E-state index >= 15 is 0 Å². The quantitative estimate of drug-likeness (QED) is 0.827. The molecular formula is C19H31N. The molecule has 2 rings (SSSR count). The molecule has 0 radical (unpaired) electrons. The molecule has 0 bridgehead atoms. The van der Waals surface area contributed by atoms with E-state index in [1.807, 2.05) is 0 Å². The van der Waals surface area contributed by atoms with Gasteiger partial charge in [-0.2, -0.15) is 0 Å². The van der Waals surface area contributed by atoms with Crippen molar-refractivity contribution in [3.8, 4) is 0 Å². The summed E-state index contributed by atoms with van der Waals surface area (Å²) in [6.07, 6.45) is 5.33. The summed E-state index contributed by atoms with van der Waals surface area (Å²) in [5.41, 5.74) is 2.83. The first-order chi connectivity index (χ1) is 9.56. The fraction of sp³-hybridized carbons (Fsp3) is 0.684. The summed E-state index contributed by atoms with van der Waals surface area (Å²) in [6, 6.07) is 9.63. The van der Waals surface area contributed by atoms with E-state index in [0.717, 1.165) is 36.8 Å². The molecule has 1 aliphatic carbocycles. The van der Waals surface area contributed by atoms with E-state index < -0.39 is 0 Å². The molecule has 3 unspecified atom stereocenters. The zero-order valence-electron chi connectivity index (χ0n) is 13.7. The van der Waals surface area contributed by atoms with Gasteiger partial charge in [0.15, 0.2) is 0 Å². The van der Waals surface area contributed by atoms with Gasteiger partial charge in [0.25, 0.3) is 0 Å². The lowest BCUT2D eigenvalue weighted by molar-refractivity contribution is 0.171. The van der Waals surface area contributed by atoms with Gasteiger partial charge in [-0.05, 0) is 56.0 Å². The van der Waals surface area contributed by atoms with Crippen molar-refractivity contribution in [3.05, 3.63) is 35.4 Å². The summed E-state index contributed by atoms with van der Waals surface area (Å²) < 4.78 is 0. The molecule has 3 atom stereocenters. The van der Waals surface area contributed by atoms with Gasteiger partial charge in [0.05, 0.1) is 0 Å². The normalized spacial score (nSPS) is 26.9. The first kappa shape index (κ1) is 15.6. The van der Waals surface area contributed by atoms with Crippen molar-refractivity contribution >= 4 is 0 Å². The SMILES string of the molecule is Cc1cccc(CCNC2CC(C)CCC2C(C)C)c1. The molecule has 0 saturated heterocycles. The van der Waals surface area contributed by atoms with E-state index in [0.29, 0.717) is 0 Å². The van der Waals surface area contributed by atoms with Crippen LogP contribution in [-0.4, -0.2) is 12.6 Å². The Balaban J connectivity index is 1.84. The maximum absolute atomic E-state index is 3.85. The van der Waals surface area contributed by atoms with Crippen LogP contribution >= 0.6 is 0 Å². The Kier molecular flexibility index (Phi) is 5.65. The Labute approximate surface area is 125 Å². The molecule has 1 aromatic rings. The molecule has 0 spiro atoms. The maximum Gasteiger partial charge on any atom is 0.0100 e. The molecule has 1 fully saturated rings. The molecular weight excluding hydrogens is 242 g/mol. The van der Waals surface area contributed by atoms with E-state index in [2.05, 4.69) is 57.3 Å². The van der Waals surface area contributed by atoms with E-state index in [9.17, 15) is 0 Å². The number of benzene rings is 1. The molecule has 112 valence electrons. The van der Waals surface area contributed by atoms with Gasteiger partial charge < -0.3 is 5.32 Å². The van der Waals surface area contributed by atoms with E-state index in [1.54, 1.807) is 0 Å². The van der Waals surface area contributed by atoms with Crippen LogP contribution in [0.4, 0.5) is 0 Å². The van der Waals surface area contributed by atoms with Crippen molar-refractivity contribution in [1.29, 1.82) is 0 Å². The van der Waals surface area contributed by atoms with Crippen LogP contribution < -0.4 is 5.32 Å². The molecule has 0 amide bonds. The molecule has 0 aromatic heterocycles. The van der Waals surface area contributed by atoms with Gasteiger partial charge in [0.2, 0.25) is 0 Å². The fourth-order valence-corrected chi connectivity index (χ4v) is 3.71. The Morgan fingerprint density at radius 2 is 2.05 bits per heavy atom.